The largest absolute Gasteiger partial charge is 0.490 e. The van der Waals surface area contributed by atoms with Gasteiger partial charge >= 0.3 is 0 Å². The first kappa shape index (κ1) is 11.1. The fourth-order valence-electron chi connectivity index (χ4n) is 2.33. The van der Waals surface area contributed by atoms with Crippen LogP contribution in [0.5, 0.6) is 5.75 Å². The average molecular weight is 234 g/mol. The molecule has 1 aromatic rings. The van der Waals surface area contributed by atoms with Gasteiger partial charge in [-0.05, 0) is 37.5 Å². The molecule has 17 heavy (non-hydrogen) atoms. The Kier molecular flexibility index (Phi) is 2.60. The van der Waals surface area contributed by atoms with Gasteiger partial charge in [0.1, 0.15) is 11.4 Å². The van der Waals surface area contributed by atoms with E-state index in [0.717, 1.165) is 24.2 Å². The van der Waals surface area contributed by atoms with Crippen molar-refractivity contribution in [3.8, 4) is 5.75 Å². The van der Waals surface area contributed by atoms with Crippen LogP contribution in [0.4, 0.5) is 0 Å². The SMILES string of the molecule is CC1OCCC1(O)c1cccc(OC2CC2)c1. The molecule has 3 heteroatoms. The maximum atomic E-state index is 10.6. The van der Waals surface area contributed by atoms with E-state index in [1.165, 1.54) is 0 Å². The molecule has 2 unspecified atom stereocenters. The molecule has 2 fully saturated rings. The van der Waals surface area contributed by atoms with Gasteiger partial charge in [-0.3, -0.25) is 0 Å². The summed E-state index contributed by atoms with van der Waals surface area (Å²) in [5.41, 5.74) is 0.0452. The van der Waals surface area contributed by atoms with Gasteiger partial charge in [0.15, 0.2) is 0 Å². The number of hydrogen-bond acceptors (Lipinski definition) is 3. The van der Waals surface area contributed by atoms with E-state index in [2.05, 4.69) is 0 Å². The van der Waals surface area contributed by atoms with Crippen LogP contribution in [0.2, 0.25) is 0 Å². The van der Waals surface area contributed by atoms with Crippen molar-refractivity contribution in [1.29, 1.82) is 0 Å². The quantitative estimate of drug-likeness (QED) is 0.871. The lowest BCUT2D eigenvalue weighted by Crippen LogP contribution is -2.33. The summed E-state index contributed by atoms with van der Waals surface area (Å²) in [7, 11) is 0. The van der Waals surface area contributed by atoms with E-state index in [-0.39, 0.29) is 6.10 Å². The molecule has 3 rings (SSSR count). The average Bonchev–Trinajstić information content (AvgIpc) is 3.06. The zero-order chi connectivity index (χ0) is 11.9. The molecule has 2 aliphatic rings. The Labute approximate surface area is 101 Å². The Bertz CT molecular complexity index is 414. The lowest BCUT2D eigenvalue weighted by Gasteiger charge is -2.26. The normalized spacial score (nSPS) is 32.7. The summed E-state index contributed by atoms with van der Waals surface area (Å²) in [6.07, 6.45) is 3.18. The minimum Gasteiger partial charge on any atom is -0.490 e. The molecule has 1 aliphatic heterocycles. The van der Waals surface area contributed by atoms with Gasteiger partial charge in [-0.25, -0.2) is 0 Å². The molecule has 1 aliphatic carbocycles. The summed E-state index contributed by atoms with van der Waals surface area (Å²) in [5.74, 6) is 0.859. The highest BCUT2D eigenvalue weighted by molar-refractivity contribution is 5.34. The van der Waals surface area contributed by atoms with Gasteiger partial charge in [0.2, 0.25) is 0 Å². The summed E-state index contributed by atoms with van der Waals surface area (Å²) in [4.78, 5) is 0. The van der Waals surface area contributed by atoms with Crippen LogP contribution in [0.1, 0.15) is 31.7 Å². The van der Waals surface area contributed by atoms with E-state index < -0.39 is 5.60 Å². The highest BCUT2D eigenvalue weighted by atomic mass is 16.5. The maximum absolute atomic E-state index is 10.6. The minimum atomic E-state index is -0.858. The van der Waals surface area contributed by atoms with Gasteiger partial charge in [0, 0.05) is 6.42 Å². The van der Waals surface area contributed by atoms with E-state index in [1.807, 2.05) is 31.2 Å². The Morgan fingerprint density at radius 3 is 2.88 bits per heavy atom. The van der Waals surface area contributed by atoms with Crippen molar-refractivity contribution in [1.82, 2.24) is 0 Å². The molecule has 0 bridgehead atoms. The Morgan fingerprint density at radius 2 is 2.24 bits per heavy atom. The summed E-state index contributed by atoms with van der Waals surface area (Å²) in [6, 6.07) is 7.79. The standard InChI is InChI=1S/C14H18O3/c1-10-14(15,7-8-16-10)11-3-2-4-13(9-11)17-12-5-6-12/h2-4,9-10,12,15H,5-8H2,1H3. The molecule has 1 N–H and O–H groups in total. The van der Waals surface area contributed by atoms with E-state index in [4.69, 9.17) is 9.47 Å². The molecule has 92 valence electrons. The van der Waals surface area contributed by atoms with E-state index in [0.29, 0.717) is 19.1 Å². The first-order valence-electron chi connectivity index (χ1n) is 6.30. The smallest absolute Gasteiger partial charge is 0.120 e. The summed E-state index contributed by atoms with van der Waals surface area (Å²) in [5, 5.41) is 10.6. The molecule has 0 aromatic heterocycles. The Hall–Kier alpha value is -1.06. The van der Waals surface area contributed by atoms with Gasteiger partial charge in [-0.2, -0.15) is 0 Å². The second-order valence-electron chi connectivity index (χ2n) is 5.03. The third-order valence-electron chi connectivity index (χ3n) is 3.68. The predicted molar refractivity (Wildman–Crippen MR) is 64.0 cm³/mol. The monoisotopic (exact) mass is 234 g/mol. The van der Waals surface area contributed by atoms with Gasteiger partial charge in [-0.15, -0.1) is 0 Å². The van der Waals surface area contributed by atoms with Crippen molar-refractivity contribution >= 4 is 0 Å². The minimum absolute atomic E-state index is 0.154. The summed E-state index contributed by atoms with van der Waals surface area (Å²) in [6.45, 7) is 2.53. The van der Waals surface area contributed by atoms with Gasteiger partial charge < -0.3 is 14.6 Å². The van der Waals surface area contributed by atoms with Crippen LogP contribution in [-0.2, 0) is 10.3 Å². The third kappa shape index (κ3) is 2.05. The summed E-state index contributed by atoms with van der Waals surface area (Å²) < 4.78 is 11.2. The molecule has 0 spiro atoms. The van der Waals surface area contributed by atoms with Crippen LogP contribution in [0.3, 0.4) is 0 Å². The molecule has 1 saturated carbocycles. The second-order valence-corrected chi connectivity index (χ2v) is 5.03. The fraction of sp³-hybridized carbons (Fsp3) is 0.571. The molecular formula is C14H18O3. The van der Waals surface area contributed by atoms with Crippen LogP contribution >= 0.6 is 0 Å². The van der Waals surface area contributed by atoms with Crippen molar-refractivity contribution in [3.05, 3.63) is 29.8 Å². The van der Waals surface area contributed by atoms with E-state index >= 15 is 0 Å². The van der Waals surface area contributed by atoms with Crippen molar-refractivity contribution in [2.24, 2.45) is 0 Å². The van der Waals surface area contributed by atoms with Crippen LogP contribution in [0, 0.1) is 0 Å². The molecule has 0 radical (unpaired) electrons. The number of hydrogen-bond donors (Lipinski definition) is 1. The highest BCUT2D eigenvalue weighted by Gasteiger charge is 2.41. The maximum Gasteiger partial charge on any atom is 0.120 e. The number of rotatable bonds is 3. The molecule has 1 saturated heterocycles. The lowest BCUT2D eigenvalue weighted by molar-refractivity contribution is -0.0318. The van der Waals surface area contributed by atoms with Gasteiger partial charge in [0.05, 0.1) is 18.8 Å². The molecular weight excluding hydrogens is 216 g/mol. The van der Waals surface area contributed by atoms with E-state index in [9.17, 15) is 5.11 Å². The van der Waals surface area contributed by atoms with Gasteiger partial charge in [-0.1, -0.05) is 12.1 Å². The second kappa shape index (κ2) is 4.00. The zero-order valence-corrected chi connectivity index (χ0v) is 10.1. The van der Waals surface area contributed by atoms with Crippen molar-refractivity contribution < 1.29 is 14.6 Å². The lowest BCUT2D eigenvalue weighted by atomic mass is 9.88. The molecule has 0 amide bonds. The molecule has 1 aromatic carbocycles. The van der Waals surface area contributed by atoms with Crippen molar-refractivity contribution in [2.75, 3.05) is 6.61 Å². The third-order valence-corrected chi connectivity index (χ3v) is 3.68. The molecule has 1 heterocycles. The van der Waals surface area contributed by atoms with Crippen LogP contribution in [0.15, 0.2) is 24.3 Å². The summed E-state index contributed by atoms with van der Waals surface area (Å²) >= 11 is 0. The number of aliphatic hydroxyl groups is 1. The van der Waals surface area contributed by atoms with Crippen molar-refractivity contribution in [2.45, 2.75) is 44.0 Å². The Morgan fingerprint density at radius 1 is 1.41 bits per heavy atom. The fourth-order valence-corrected chi connectivity index (χ4v) is 2.33. The van der Waals surface area contributed by atoms with Crippen LogP contribution in [-0.4, -0.2) is 23.9 Å². The van der Waals surface area contributed by atoms with Crippen LogP contribution in [0.25, 0.3) is 0 Å². The first-order valence-corrected chi connectivity index (χ1v) is 6.30. The van der Waals surface area contributed by atoms with Gasteiger partial charge in [0.25, 0.3) is 0 Å². The van der Waals surface area contributed by atoms with Crippen LogP contribution < -0.4 is 4.74 Å². The zero-order valence-electron chi connectivity index (χ0n) is 10.1. The predicted octanol–water partition coefficient (Wildman–Crippen LogP) is 2.22. The number of ether oxygens (including phenoxy) is 2. The van der Waals surface area contributed by atoms with E-state index in [1.54, 1.807) is 0 Å². The molecule has 3 nitrogen and oxygen atoms in total. The molecule has 2 atom stereocenters. The highest BCUT2D eigenvalue weighted by Crippen LogP contribution is 2.37. The number of benzene rings is 1. The topological polar surface area (TPSA) is 38.7 Å². The Balaban J connectivity index is 1.86. The first-order chi connectivity index (χ1) is 8.18. The van der Waals surface area contributed by atoms with Crippen molar-refractivity contribution in [3.63, 3.8) is 0 Å².